The number of fused-ring (bicyclic) bond motifs is 1. The van der Waals surface area contributed by atoms with Crippen LogP contribution in [0.1, 0.15) is 19.8 Å². The van der Waals surface area contributed by atoms with Gasteiger partial charge >= 0.3 is 42.6 Å². The van der Waals surface area contributed by atoms with Gasteiger partial charge in [-0.25, -0.2) is 0 Å². The van der Waals surface area contributed by atoms with Crippen molar-refractivity contribution in [3.05, 3.63) is 66.7 Å². The van der Waals surface area contributed by atoms with Gasteiger partial charge in [-0.05, 0) is 0 Å². The van der Waals surface area contributed by atoms with Crippen molar-refractivity contribution in [1.82, 2.24) is 0 Å². The quantitative estimate of drug-likeness (QED) is 0.306. The maximum absolute atomic E-state index is 4.97. The summed E-state index contributed by atoms with van der Waals surface area (Å²) in [4.78, 5) is 0. The number of halogens is 3. The molecule has 3 aromatic rings. The Kier molecular flexibility index (Phi) is 8.68. The fourth-order valence-electron chi connectivity index (χ4n) is 3.40. The first kappa shape index (κ1) is 21.2. The van der Waals surface area contributed by atoms with Crippen LogP contribution in [-0.2, 0) is 14.7 Å². The van der Waals surface area contributed by atoms with Crippen LogP contribution in [0.3, 0.4) is 0 Å². The molecule has 0 aliphatic rings. The Labute approximate surface area is 169 Å². The van der Waals surface area contributed by atoms with Crippen LogP contribution in [-0.4, -0.2) is 8.07 Å². The molecule has 0 saturated heterocycles. The van der Waals surface area contributed by atoms with E-state index in [1.807, 2.05) is 0 Å². The van der Waals surface area contributed by atoms with Gasteiger partial charge in [0.05, 0.1) is 8.07 Å². The van der Waals surface area contributed by atoms with Crippen LogP contribution < -0.4 is 10.4 Å². The Morgan fingerprint density at radius 3 is 2.16 bits per heavy atom. The Morgan fingerprint density at radius 2 is 1.52 bits per heavy atom. The second-order valence-electron chi connectivity index (χ2n) is 6.35. The van der Waals surface area contributed by atoms with E-state index in [0.717, 1.165) is 0 Å². The van der Waals surface area contributed by atoms with Gasteiger partial charge in [0.1, 0.15) is 0 Å². The molecule has 0 bridgehead atoms. The second-order valence-corrected chi connectivity index (χ2v) is 18.4. The van der Waals surface area contributed by atoms with E-state index in [4.69, 9.17) is 27.9 Å². The molecule has 1 unspecified atom stereocenters. The zero-order chi connectivity index (χ0) is 18.3. The number of hydrogen-bond donors (Lipinski definition) is 0. The second kappa shape index (κ2) is 10.3. The molecule has 0 N–H and O–H groups in total. The van der Waals surface area contributed by atoms with E-state index in [1.54, 1.807) is 10.4 Å². The maximum atomic E-state index is 4.97. The average Bonchev–Trinajstić information content (AvgIpc) is 3.05. The van der Waals surface area contributed by atoms with Gasteiger partial charge in [0, 0.05) is 0 Å². The van der Waals surface area contributed by atoms with E-state index in [9.17, 15) is 0 Å². The molecule has 0 aliphatic heterocycles. The van der Waals surface area contributed by atoms with E-state index < -0.39 is 22.8 Å². The summed E-state index contributed by atoms with van der Waals surface area (Å²) in [6.07, 6.45) is 2.59. The average molecular weight is 446 g/mol. The first-order valence-electron chi connectivity index (χ1n) is 8.53. The molecular formula is C20H23Cl3SiTi. The molecule has 3 aromatic carbocycles. The summed E-state index contributed by atoms with van der Waals surface area (Å²) in [7, 11) is 13.3. The van der Waals surface area contributed by atoms with Crippen LogP contribution in [0.4, 0.5) is 0 Å². The fourth-order valence-corrected chi connectivity index (χ4v) is 7.53. The minimum atomic E-state index is -1.92. The SMILES string of the molecule is CCCC[Si](C)(c1ccccc1)[c-]1ccc2ccccc21.[Cl][Ti+]([Cl])[Cl]. The number of unbranched alkanes of at least 4 members (excludes halogenated alkanes) is 1. The van der Waals surface area contributed by atoms with Crippen LogP contribution in [0.15, 0.2) is 66.7 Å². The summed E-state index contributed by atoms with van der Waals surface area (Å²) < 4.78 is 0. The van der Waals surface area contributed by atoms with Gasteiger partial charge in [-0.1, -0.05) is 73.9 Å². The minimum absolute atomic E-state index is 1.27. The van der Waals surface area contributed by atoms with Crippen molar-refractivity contribution in [3.63, 3.8) is 0 Å². The molecule has 0 nitrogen and oxygen atoms in total. The van der Waals surface area contributed by atoms with E-state index in [1.165, 1.54) is 29.7 Å². The molecule has 0 aliphatic carbocycles. The van der Waals surface area contributed by atoms with Crippen LogP contribution in [0.5, 0.6) is 0 Å². The first-order valence-corrected chi connectivity index (χ1v) is 17.7. The normalized spacial score (nSPS) is 13.0. The molecule has 0 spiro atoms. The summed E-state index contributed by atoms with van der Waals surface area (Å²) in [5.41, 5.74) is 0. The van der Waals surface area contributed by atoms with Gasteiger partial charge in [-0.15, -0.1) is 34.2 Å². The zero-order valence-corrected chi connectivity index (χ0v) is 19.4. The summed E-state index contributed by atoms with van der Waals surface area (Å²) in [5, 5.41) is 6.03. The van der Waals surface area contributed by atoms with Crippen LogP contribution in [0, 0.1) is 0 Å². The van der Waals surface area contributed by atoms with Crippen LogP contribution >= 0.6 is 27.9 Å². The van der Waals surface area contributed by atoms with Crippen LogP contribution in [0.25, 0.3) is 10.8 Å². The molecule has 0 fully saturated rings. The van der Waals surface area contributed by atoms with Crippen molar-refractivity contribution in [1.29, 1.82) is 0 Å². The van der Waals surface area contributed by atoms with Crippen molar-refractivity contribution in [3.8, 4) is 0 Å². The van der Waals surface area contributed by atoms with Crippen molar-refractivity contribution >= 4 is 57.1 Å². The third-order valence-electron chi connectivity index (χ3n) is 4.72. The van der Waals surface area contributed by atoms with E-state index in [0.29, 0.717) is 0 Å². The molecule has 0 heterocycles. The fraction of sp³-hybridized carbons (Fsp3) is 0.250. The van der Waals surface area contributed by atoms with Gasteiger partial charge in [-0.2, -0.15) is 12.1 Å². The molecule has 3 rings (SSSR count). The van der Waals surface area contributed by atoms with Gasteiger partial charge in [0.2, 0.25) is 0 Å². The Morgan fingerprint density at radius 1 is 0.920 bits per heavy atom. The molecule has 5 heteroatoms. The molecule has 0 amide bonds. The van der Waals surface area contributed by atoms with Crippen LogP contribution in [0.2, 0.25) is 12.6 Å². The molecular weight excluding hydrogens is 423 g/mol. The summed E-state index contributed by atoms with van der Waals surface area (Å²) in [5.74, 6) is 0. The van der Waals surface area contributed by atoms with E-state index in [-0.39, 0.29) is 0 Å². The van der Waals surface area contributed by atoms with Crippen molar-refractivity contribution in [2.24, 2.45) is 0 Å². The topological polar surface area (TPSA) is 0 Å². The predicted molar refractivity (Wildman–Crippen MR) is 114 cm³/mol. The zero-order valence-electron chi connectivity index (χ0n) is 14.6. The number of benzene rings is 2. The van der Waals surface area contributed by atoms with Crippen molar-refractivity contribution in [2.75, 3.05) is 0 Å². The van der Waals surface area contributed by atoms with E-state index in [2.05, 4.69) is 80.2 Å². The molecule has 0 radical (unpaired) electrons. The third kappa shape index (κ3) is 5.66. The van der Waals surface area contributed by atoms with Gasteiger partial charge < -0.3 is 0 Å². The molecule has 0 aromatic heterocycles. The van der Waals surface area contributed by atoms with E-state index >= 15 is 0 Å². The van der Waals surface area contributed by atoms with Gasteiger partial charge in [0.15, 0.2) is 0 Å². The Hall–Kier alpha value is -0.149. The molecule has 132 valence electrons. The number of hydrogen-bond acceptors (Lipinski definition) is 0. The molecule has 1 atom stereocenters. The monoisotopic (exact) mass is 444 g/mol. The van der Waals surface area contributed by atoms with Gasteiger partial charge in [0.25, 0.3) is 0 Å². The van der Waals surface area contributed by atoms with Crippen molar-refractivity contribution < 1.29 is 14.7 Å². The first-order chi connectivity index (χ1) is 12.0. The molecule has 25 heavy (non-hydrogen) atoms. The van der Waals surface area contributed by atoms with Crippen molar-refractivity contribution in [2.45, 2.75) is 32.4 Å². The summed E-state index contributed by atoms with van der Waals surface area (Å²) in [6.45, 7) is 4.84. The Bertz CT molecular complexity index is 770. The molecule has 0 saturated carbocycles. The number of rotatable bonds is 5. The van der Waals surface area contributed by atoms with Gasteiger partial charge in [-0.3, -0.25) is 0 Å². The third-order valence-corrected chi connectivity index (χ3v) is 9.30. The summed E-state index contributed by atoms with van der Waals surface area (Å²) in [6, 6.07) is 26.0. The standard InChI is InChI=1S/C20H23Si.3ClH.Ti/c1-3-4-16-21(2,18-11-6-5-7-12-18)20-15-14-17-10-8-9-13-19(17)20;;;;/h5-15H,3-4,16H2,1-2H3;3*1H;/q-1;;;;+4/p-3. The summed E-state index contributed by atoms with van der Waals surface area (Å²) >= 11 is -1.92. The predicted octanol–water partition coefficient (Wildman–Crippen LogP) is 6.62. The Balaban J connectivity index is 0.000000511.